The fourth-order valence-corrected chi connectivity index (χ4v) is 2.04. The zero-order valence-corrected chi connectivity index (χ0v) is 12.3. The number of carbonyl (C=O) groups excluding carboxylic acids is 1. The number of benzene rings is 2. The van der Waals surface area contributed by atoms with Crippen LogP contribution in [-0.2, 0) is 11.3 Å². The summed E-state index contributed by atoms with van der Waals surface area (Å²) in [5.41, 5.74) is 9.52. The van der Waals surface area contributed by atoms with Crippen LogP contribution in [0.25, 0.3) is 0 Å². The molecular weight excluding hydrogens is 264 g/mol. The average Bonchev–Trinajstić information content (AvgIpc) is 2.48. The van der Waals surface area contributed by atoms with Crippen LogP contribution in [0.1, 0.15) is 28.4 Å². The molecule has 0 saturated carbocycles. The van der Waals surface area contributed by atoms with Crippen molar-refractivity contribution in [2.24, 2.45) is 0 Å². The first kappa shape index (κ1) is 15.1. The second kappa shape index (κ2) is 6.90. The van der Waals surface area contributed by atoms with E-state index in [9.17, 15) is 4.79 Å². The third kappa shape index (κ3) is 3.83. The molecule has 1 amide bonds. The molecular formula is C17H20N2O2. The number of anilines is 2. The molecule has 4 nitrogen and oxygen atoms in total. The number of rotatable bonds is 5. The lowest BCUT2D eigenvalue weighted by Gasteiger charge is -2.12. The third-order valence-corrected chi connectivity index (χ3v) is 3.18. The van der Waals surface area contributed by atoms with Crippen molar-refractivity contribution >= 4 is 17.3 Å². The molecule has 21 heavy (non-hydrogen) atoms. The zero-order valence-electron chi connectivity index (χ0n) is 12.3. The van der Waals surface area contributed by atoms with Gasteiger partial charge in [-0.1, -0.05) is 29.8 Å². The lowest BCUT2D eigenvalue weighted by atomic mass is 10.1. The van der Waals surface area contributed by atoms with Crippen LogP contribution in [0.5, 0.6) is 0 Å². The maximum atomic E-state index is 12.4. The first-order valence-electron chi connectivity index (χ1n) is 6.95. The van der Waals surface area contributed by atoms with Gasteiger partial charge in [-0.05, 0) is 32.0 Å². The van der Waals surface area contributed by atoms with E-state index in [0.717, 1.165) is 16.8 Å². The van der Waals surface area contributed by atoms with Crippen LogP contribution < -0.4 is 11.1 Å². The lowest BCUT2D eigenvalue weighted by Crippen LogP contribution is -2.15. The minimum atomic E-state index is -0.208. The van der Waals surface area contributed by atoms with Crippen molar-refractivity contribution in [2.45, 2.75) is 20.5 Å². The second-order valence-electron chi connectivity index (χ2n) is 4.84. The predicted molar refractivity (Wildman–Crippen MR) is 85.3 cm³/mol. The van der Waals surface area contributed by atoms with Gasteiger partial charge in [0.1, 0.15) is 0 Å². The Kier molecular flexibility index (Phi) is 4.95. The highest BCUT2D eigenvalue weighted by atomic mass is 16.5. The van der Waals surface area contributed by atoms with Crippen molar-refractivity contribution in [1.82, 2.24) is 0 Å². The Morgan fingerprint density at radius 2 is 2.00 bits per heavy atom. The Morgan fingerprint density at radius 1 is 1.24 bits per heavy atom. The fraction of sp³-hybridized carbons (Fsp3) is 0.235. The second-order valence-corrected chi connectivity index (χ2v) is 4.84. The van der Waals surface area contributed by atoms with Gasteiger partial charge in [0.2, 0.25) is 0 Å². The Labute approximate surface area is 124 Å². The summed E-state index contributed by atoms with van der Waals surface area (Å²) in [6.45, 7) is 4.97. The lowest BCUT2D eigenvalue weighted by molar-refractivity contribution is 0.102. The van der Waals surface area contributed by atoms with Crippen LogP contribution in [-0.4, -0.2) is 12.5 Å². The van der Waals surface area contributed by atoms with Crippen LogP contribution in [0.4, 0.5) is 11.4 Å². The molecule has 0 unspecified atom stereocenters. The number of nitrogen functional groups attached to an aromatic ring is 1. The molecule has 4 heteroatoms. The Bertz CT molecular complexity index is 638. The highest BCUT2D eigenvalue weighted by Crippen LogP contribution is 2.20. The monoisotopic (exact) mass is 284 g/mol. The Hall–Kier alpha value is -2.33. The van der Waals surface area contributed by atoms with E-state index in [2.05, 4.69) is 5.32 Å². The molecule has 2 aromatic carbocycles. The molecule has 0 atom stereocenters. The number of hydrogen-bond donors (Lipinski definition) is 2. The van der Waals surface area contributed by atoms with Crippen LogP contribution in [0.2, 0.25) is 0 Å². The van der Waals surface area contributed by atoms with E-state index >= 15 is 0 Å². The number of nitrogens with one attached hydrogen (secondary N) is 1. The number of amides is 1. The summed E-state index contributed by atoms with van der Waals surface area (Å²) in [5, 5.41) is 2.90. The van der Waals surface area contributed by atoms with E-state index < -0.39 is 0 Å². The van der Waals surface area contributed by atoms with Crippen molar-refractivity contribution in [3.63, 3.8) is 0 Å². The minimum Gasteiger partial charge on any atom is -0.398 e. The SMILES string of the molecule is CCOCc1ccccc1NC(=O)c1cc(C)ccc1N. The highest BCUT2D eigenvalue weighted by molar-refractivity contribution is 6.08. The molecule has 0 saturated heterocycles. The number of hydrogen-bond acceptors (Lipinski definition) is 3. The third-order valence-electron chi connectivity index (χ3n) is 3.18. The zero-order chi connectivity index (χ0) is 15.2. The summed E-state index contributed by atoms with van der Waals surface area (Å²) in [6.07, 6.45) is 0. The largest absolute Gasteiger partial charge is 0.398 e. The van der Waals surface area contributed by atoms with Crippen molar-refractivity contribution in [3.05, 3.63) is 59.2 Å². The number of aryl methyl sites for hydroxylation is 1. The van der Waals surface area contributed by atoms with Gasteiger partial charge in [0.15, 0.2) is 0 Å². The van der Waals surface area contributed by atoms with E-state index in [1.807, 2.05) is 44.2 Å². The van der Waals surface area contributed by atoms with Crippen LogP contribution in [0.15, 0.2) is 42.5 Å². The summed E-state index contributed by atoms with van der Waals surface area (Å²) in [7, 11) is 0. The van der Waals surface area contributed by atoms with Gasteiger partial charge in [-0.15, -0.1) is 0 Å². The molecule has 0 aliphatic heterocycles. The molecule has 0 aliphatic carbocycles. The summed E-state index contributed by atoms with van der Waals surface area (Å²) in [4.78, 5) is 12.4. The molecule has 3 N–H and O–H groups in total. The van der Waals surface area contributed by atoms with Crippen LogP contribution in [0.3, 0.4) is 0 Å². The van der Waals surface area contributed by atoms with Gasteiger partial charge in [-0.3, -0.25) is 4.79 Å². The van der Waals surface area contributed by atoms with E-state index in [1.54, 1.807) is 12.1 Å². The van der Waals surface area contributed by atoms with Gasteiger partial charge in [0.25, 0.3) is 5.91 Å². The predicted octanol–water partition coefficient (Wildman–Crippen LogP) is 3.37. The molecule has 0 bridgehead atoms. The number of carbonyl (C=O) groups is 1. The van der Waals surface area contributed by atoms with Crippen molar-refractivity contribution in [3.8, 4) is 0 Å². The van der Waals surface area contributed by atoms with Gasteiger partial charge in [-0.2, -0.15) is 0 Å². The molecule has 0 aliphatic rings. The summed E-state index contributed by atoms with van der Waals surface area (Å²) >= 11 is 0. The van der Waals surface area contributed by atoms with E-state index in [-0.39, 0.29) is 5.91 Å². The quantitative estimate of drug-likeness (QED) is 0.827. The van der Waals surface area contributed by atoms with Gasteiger partial charge < -0.3 is 15.8 Å². The molecule has 2 aromatic rings. The van der Waals surface area contributed by atoms with Gasteiger partial charge in [-0.25, -0.2) is 0 Å². The number of ether oxygens (including phenoxy) is 1. The maximum Gasteiger partial charge on any atom is 0.257 e. The van der Waals surface area contributed by atoms with Crippen LogP contribution >= 0.6 is 0 Å². The summed E-state index contributed by atoms with van der Waals surface area (Å²) in [5.74, 6) is -0.208. The van der Waals surface area contributed by atoms with Crippen molar-refractivity contribution in [2.75, 3.05) is 17.7 Å². The molecule has 110 valence electrons. The fourth-order valence-electron chi connectivity index (χ4n) is 2.04. The average molecular weight is 284 g/mol. The van der Waals surface area contributed by atoms with Gasteiger partial charge in [0.05, 0.1) is 12.2 Å². The summed E-state index contributed by atoms with van der Waals surface area (Å²) in [6, 6.07) is 13.0. The number of para-hydroxylation sites is 1. The molecule has 0 fully saturated rings. The molecule has 0 heterocycles. The first-order valence-corrected chi connectivity index (χ1v) is 6.95. The van der Waals surface area contributed by atoms with Crippen molar-refractivity contribution in [1.29, 1.82) is 0 Å². The van der Waals surface area contributed by atoms with Gasteiger partial charge >= 0.3 is 0 Å². The molecule has 0 aromatic heterocycles. The Balaban J connectivity index is 2.21. The van der Waals surface area contributed by atoms with Crippen LogP contribution in [0, 0.1) is 6.92 Å². The standard InChI is InChI=1S/C17H20N2O2/c1-3-21-11-13-6-4-5-7-16(13)19-17(20)14-10-12(2)8-9-15(14)18/h4-10H,3,11,18H2,1-2H3,(H,19,20). The topological polar surface area (TPSA) is 64.3 Å². The smallest absolute Gasteiger partial charge is 0.257 e. The normalized spacial score (nSPS) is 10.4. The van der Waals surface area contributed by atoms with E-state index in [1.165, 1.54) is 0 Å². The minimum absolute atomic E-state index is 0.208. The van der Waals surface area contributed by atoms with Gasteiger partial charge in [0, 0.05) is 23.5 Å². The highest BCUT2D eigenvalue weighted by Gasteiger charge is 2.12. The number of nitrogens with two attached hydrogens (primary N) is 1. The van der Waals surface area contributed by atoms with E-state index in [4.69, 9.17) is 10.5 Å². The maximum absolute atomic E-state index is 12.4. The Morgan fingerprint density at radius 3 is 2.76 bits per heavy atom. The first-order chi connectivity index (χ1) is 10.1. The molecule has 0 radical (unpaired) electrons. The van der Waals surface area contributed by atoms with E-state index in [0.29, 0.717) is 24.5 Å². The summed E-state index contributed by atoms with van der Waals surface area (Å²) < 4.78 is 5.41. The molecule has 0 spiro atoms. The molecule has 2 rings (SSSR count). The van der Waals surface area contributed by atoms with Crippen molar-refractivity contribution < 1.29 is 9.53 Å².